The van der Waals surface area contributed by atoms with Crippen molar-refractivity contribution < 1.29 is 14.3 Å². The minimum Gasteiger partial charge on any atom is -0.382 e. The number of anilines is 1. The third kappa shape index (κ3) is 4.18. The van der Waals surface area contributed by atoms with Gasteiger partial charge in [-0.15, -0.1) is 0 Å². The number of carbonyl (C=O) groups excluding carboxylic acids is 1. The van der Waals surface area contributed by atoms with Crippen LogP contribution in [-0.4, -0.2) is 55.4 Å². The maximum absolute atomic E-state index is 12.1. The molecule has 1 atom stereocenters. The summed E-state index contributed by atoms with van der Waals surface area (Å²) in [6.45, 7) is 4.39. The van der Waals surface area contributed by atoms with Gasteiger partial charge in [-0.1, -0.05) is 0 Å². The van der Waals surface area contributed by atoms with E-state index in [-0.39, 0.29) is 12.1 Å². The van der Waals surface area contributed by atoms with Crippen LogP contribution in [0, 0.1) is 6.92 Å². The molecule has 1 N–H and O–H groups in total. The minimum absolute atomic E-state index is 0.0894. The quantitative estimate of drug-likeness (QED) is 0.833. The van der Waals surface area contributed by atoms with Gasteiger partial charge < -0.3 is 19.7 Å². The first-order chi connectivity index (χ1) is 9.69. The van der Waals surface area contributed by atoms with E-state index in [1.807, 2.05) is 13.0 Å². The number of urea groups is 1. The molecule has 1 aromatic rings. The van der Waals surface area contributed by atoms with E-state index >= 15 is 0 Å². The number of amides is 2. The van der Waals surface area contributed by atoms with E-state index in [1.54, 1.807) is 24.3 Å². The first-order valence-electron chi connectivity index (χ1n) is 6.78. The number of rotatable bonds is 5. The molecular formula is C14H21N3O3. The molecule has 110 valence electrons. The zero-order valence-electron chi connectivity index (χ0n) is 12.0. The SMILES string of the molecule is COCCOC1CCN(C(=O)Nc2ccnc(C)c2)C1. The largest absolute Gasteiger partial charge is 0.382 e. The number of methoxy groups -OCH3 is 1. The summed E-state index contributed by atoms with van der Waals surface area (Å²) < 4.78 is 10.6. The zero-order chi connectivity index (χ0) is 14.4. The Bertz CT molecular complexity index is 453. The van der Waals surface area contributed by atoms with Crippen LogP contribution < -0.4 is 5.32 Å². The van der Waals surface area contributed by atoms with Crippen LogP contribution in [0.5, 0.6) is 0 Å². The molecule has 2 rings (SSSR count). The summed E-state index contributed by atoms with van der Waals surface area (Å²) in [5, 5.41) is 2.88. The third-order valence-electron chi connectivity index (χ3n) is 3.22. The van der Waals surface area contributed by atoms with Gasteiger partial charge in [-0.2, -0.15) is 0 Å². The number of pyridine rings is 1. The number of ether oxygens (including phenoxy) is 2. The second kappa shape index (κ2) is 7.21. The molecule has 0 spiro atoms. The maximum Gasteiger partial charge on any atom is 0.321 e. The Hall–Kier alpha value is -1.66. The van der Waals surface area contributed by atoms with Gasteiger partial charge in [-0.05, 0) is 25.5 Å². The Kier molecular flexibility index (Phi) is 5.31. The van der Waals surface area contributed by atoms with Crippen molar-refractivity contribution >= 4 is 11.7 Å². The number of aromatic nitrogens is 1. The topological polar surface area (TPSA) is 63.7 Å². The van der Waals surface area contributed by atoms with E-state index in [9.17, 15) is 4.79 Å². The van der Waals surface area contributed by atoms with Gasteiger partial charge in [0.1, 0.15) is 0 Å². The molecule has 1 saturated heterocycles. The van der Waals surface area contributed by atoms with Gasteiger partial charge in [-0.3, -0.25) is 4.98 Å². The zero-order valence-corrected chi connectivity index (χ0v) is 12.0. The number of hydrogen-bond acceptors (Lipinski definition) is 4. The number of hydrogen-bond donors (Lipinski definition) is 1. The summed E-state index contributed by atoms with van der Waals surface area (Å²) in [4.78, 5) is 18.0. The average Bonchev–Trinajstić information content (AvgIpc) is 2.88. The molecular weight excluding hydrogens is 258 g/mol. The highest BCUT2D eigenvalue weighted by Crippen LogP contribution is 2.15. The van der Waals surface area contributed by atoms with Crippen LogP contribution in [-0.2, 0) is 9.47 Å². The van der Waals surface area contributed by atoms with Crippen LogP contribution >= 0.6 is 0 Å². The number of nitrogens with zero attached hydrogens (tertiary/aromatic N) is 2. The van der Waals surface area contributed by atoms with E-state index in [1.165, 1.54) is 0 Å². The van der Waals surface area contributed by atoms with Gasteiger partial charge in [0.25, 0.3) is 0 Å². The molecule has 1 unspecified atom stereocenters. The smallest absolute Gasteiger partial charge is 0.321 e. The third-order valence-corrected chi connectivity index (χ3v) is 3.22. The summed E-state index contributed by atoms with van der Waals surface area (Å²) in [5.74, 6) is 0. The Morgan fingerprint density at radius 2 is 2.40 bits per heavy atom. The van der Waals surface area contributed by atoms with E-state index in [2.05, 4.69) is 10.3 Å². The lowest BCUT2D eigenvalue weighted by Gasteiger charge is -2.17. The second-order valence-electron chi connectivity index (χ2n) is 4.84. The van der Waals surface area contributed by atoms with Gasteiger partial charge in [0, 0.05) is 37.8 Å². The van der Waals surface area contributed by atoms with E-state index < -0.39 is 0 Å². The van der Waals surface area contributed by atoms with Crippen LogP contribution in [0.25, 0.3) is 0 Å². The van der Waals surface area contributed by atoms with E-state index in [0.717, 1.165) is 17.8 Å². The average molecular weight is 279 g/mol. The van der Waals surface area contributed by atoms with Crippen molar-refractivity contribution in [3.63, 3.8) is 0 Å². The highest BCUT2D eigenvalue weighted by atomic mass is 16.5. The molecule has 0 aliphatic carbocycles. The van der Waals surface area contributed by atoms with Gasteiger partial charge in [0.15, 0.2) is 0 Å². The van der Waals surface area contributed by atoms with Crippen LogP contribution in [0.2, 0.25) is 0 Å². The fraction of sp³-hybridized carbons (Fsp3) is 0.571. The van der Waals surface area contributed by atoms with Crippen molar-refractivity contribution in [3.8, 4) is 0 Å². The molecule has 20 heavy (non-hydrogen) atoms. The first kappa shape index (κ1) is 14.7. The lowest BCUT2D eigenvalue weighted by atomic mass is 10.3. The molecule has 1 aliphatic heterocycles. The molecule has 0 saturated carbocycles. The molecule has 2 heterocycles. The van der Waals surface area contributed by atoms with Crippen molar-refractivity contribution in [2.75, 3.05) is 38.7 Å². The predicted molar refractivity (Wildman–Crippen MR) is 75.8 cm³/mol. The standard InChI is InChI=1S/C14H21N3O3/c1-11-9-12(3-5-15-11)16-14(18)17-6-4-13(10-17)20-8-7-19-2/h3,5,9,13H,4,6-8,10H2,1-2H3,(H,15,16,18). The molecule has 6 nitrogen and oxygen atoms in total. The number of likely N-dealkylation sites (tertiary alicyclic amines) is 1. The number of carbonyl (C=O) groups is 1. The summed E-state index contributed by atoms with van der Waals surface area (Å²) in [5.41, 5.74) is 1.65. The second-order valence-corrected chi connectivity index (χ2v) is 4.84. The molecule has 0 bridgehead atoms. The van der Waals surface area contributed by atoms with Crippen molar-refractivity contribution in [1.82, 2.24) is 9.88 Å². The lowest BCUT2D eigenvalue weighted by molar-refractivity contribution is 0.0239. The number of aryl methyl sites for hydroxylation is 1. The summed E-state index contributed by atoms with van der Waals surface area (Å²) in [6.07, 6.45) is 2.66. The van der Waals surface area contributed by atoms with Gasteiger partial charge >= 0.3 is 6.03 Å². The molecule has 2 amide bonds. The predicted octanol–water partition coefficient (Wildman–Crippen LogP) is 1.66. The molecule has 6 heteroatoms. The Labute approximate surface area is 119 Å². The Morgan fingerprint density at radius 1 is 1.55 bits per heavy atom. The normalized spacial score (nSPS) is 18.3. The van der Waals surface area contributed by atoms with E-state index in [4.69, 9.17) is 9.47 Å². The van der Waals surface area contributed by atoms with Crippen molar-refractivity contribution in [3.05, 3.63) is 24.0 Å². The Morgan fingerprint density at radius 3 is 3.15 bits per heavy atom. The van der Waals surface area contributed by atoms with Crippen molar-refractivity contribution in [1.29, 1.82) is 0 Å². The van der Waals surface area contributed by atoms with Gasteiger partial charge in [0.05, 0.1) is 19.3 Å². The van der Waals surface area contributed by atoms with Crippen molar-refractivity contribution in [2.24, 2.45) is 0 Å². The summed E-state index contributed by atoms with van der Waals surface area (Å²) in [7, 11) is 1.65. The maximum atomic E-state index is 12.1. The lowest BCUT2D eigenvalue weighted by Crippen LogP contribution is -2.34. The fourth-order valence-corrected chi connectivity index (χ4v) is 2.17. The van der Waals surface area contributed by atoms with Gasteiger partial charge in [-0.25, -0.2) is 4.79 Å². The van der Waals surface area contributed by atoms with Crippen LogP contribution in [0.4, 0.5) is 10.5 Å². The molecule has 1 fully saturated rings. The van der Waals surface area contributed by atoms with Crippen LogP contribution in [0.1, 0.15) is 12.1 Å². The van der Waals surface area contributed by atoms with Crippen LogP contribution in [0.15, 0.2) is 18.3 Å². The molecule has 1 aromatic heterocycles. The molecule has 1 aliphatic rings. The Balaban J connectivity index is 1.79. The highest BCUT2D eigenvalue weighted by molar-refractivity contribution is 5.89. The monoisotopic (exact) mass is 279 g/mol. The number of nitrogens with one attached hydrogen (secondary N) is 1. The first-order valence-corrected chi connectivity index (χ1v) is 6.78. The fourth-order valence-electron chi connectivity index (χ4n) is 2.17. The van der Waals surface area contributed by atoms with Crippen LogP contribution in [0.3, 0.4) is 0 Å². The summed E-state index contributed by atoms with van der Waals surface area (Å²) in [6, 6.07) is 3.54. The molecule has 0 radical (unpaired) electrons. The minimum atomic E-state index is -0.0894. The highest BCUT2D eigenvalue weighted by Gasteiger charge is 2.26. The molecule has 0 aromatic carbocycles. The summed E-state index contributed by atoms with van der Waals surface area (Å²) >= 11 is 0. The van der Waals surface area contributed by atoms with Crippen molar-refractivity contribution in [2.45, 2.75) is 19.4 Å². The van der Waals surface area contributed by atoms with E-state index in [0.29, 0.717) is 26.3 Å². The van der Waals surface area contributed by atoms with Gasteiger partial charge in [0.2, 0.25) is 0 Å².